The van der Waals surface area contributed by atoms with Crippen LogP contribution in [0.25, 0.3) is 0 Å². The first kappa shape index (κ1) is 12.6. The summed E-state index contributed by atoms with van der Waals surface area (Å²) in [6.45, 7) is 4.58. The second-order valence-corrected chi connectivity index (χ2v) is 3.66. The predicted molar refractivity (Wildman–Crippen MR) is 62.5 cm³/mol. The van der Waals surface area contributed by atoms with E-state index in [2.05, 4.69) is 0 Å². The minimum absolute atomic E-state index is 0.222. The second-order valence-electron chi connectivity index (χ2n) is 3.66. The molecule has 0 aromatic heterocycles. The number of carbonyl (C=O) groups is 1. The van der Waals surface area contributed by atoms with Gasteiger partial charge in [0.2, 0.25) is 0 Å². The smallest absolute Gasteiger partial charge is 0.302 e. The molecule has 0 aliphatic rings. The Balaban J connectivity index is 2.12. The highest BCUT2D eigenvalue weighted by atomic mass is 16.5. The second kappa shape index (κ2) is 6.88. The van der Waals surface area contributed by atoms with E-state index in [1.165, 1.54) is 6.92 Å². The van der Waals surface area contributed by atoms with Gasteiger partial charge in [0.25, 0.3) is 0 Å². The summed E-state index contributed by atoms with van der Waals surface area (Å²) in [5.41, 5.74) is 1.14. The van der Waals surface area contributed by atoms with Crippen LogP contribution in [-0.4, -0.2) is 19.2 Å². The zero-order valence-electron chi connectivity index (χ0n) is 9.86. The van der Waals surface area contributed by atoms with Gasteiger partial charge in [-0.3, -0.25) is 4.79 Å². The highest BCUT2D eigenvalue weighted by Crippen LogP contribution is 2.16. The van der Waals surface area contributed by atoms with Crippen LogP contribution in [0.15, 0.2) is 24.3 Å². The first-order valence-corrected chi connectivity index (χ1v) is 5.52. The molecule has 0 heterocycles. The molecule has 3 nitrogen and oxygen atoms in total. The summed E-state index contributed by atoms with van der Waals surface area (Å²) in [5, 5.41) is 0. The largest absolute Gasteiger partial charge is 0.493 e. The summed E-state index contributed by atoms with van der Waals surface area (Å²) in [6.07, 6.45) is 1.73. The Morgan fingerprint density at radius 2 is 1.88 bits per heavy atom. The summed E-state index contributed by atoms with van der Waals surface area (Å²) >= 11 is 0. The van der Waals surface area contributed by atoms with Gasteiger partial charge in [-0.2, -0.15) is 0 Å². The summed E-state index contributed by atoms with van der Waals surface area (Å²) in [7, 11) is 0. The Morgan fingerprint density at radius 3 is 2.56 bits per heavy atom. The van der Waals surface area contributed by atoms with Crippen molar-refractivity contribution in [3.05, 3.63) is 29.8 Å². The highest BCUT2D eigenvalue weighted by Gasteiger charge is 1.97. The van der Waals surface area contributed by atoms with Gasteiger partial charge in [-0.15, -0.1) is 0 Å². The van der Waals surface area contributed by atoms with Crippen LogP contribution in [0.4, 0.5) is 0 Å². The molecule has 0 bridgehead atoms. The average Bonchev–Trinajstić information content (AvgIpc) is 2.25. The van der Waals surface area contributed by atoms with Crippen LogP contribution in [0.1, 0.15) is 25.3 Å². The Hall–Kier alpha value is -1.51. The van der Waals surface area contributed by atoms with Gasteiger partial charge in [0.1, 0.15) is 5.75 Å². The lowest BCUT2D eigenvalue weighted by Gasteiger charge is -2.08. The van der Waals surface area contributed by atoms with Crippen molar-refractivity contribution in [3.63, 3.8) is 0 Å². The van der Waals surface area contributed by atoms with E-state index in [0.717, 1.165) is 24.2 Å². The lowest BCUT2D eigenvalue weighted by molar-refractivity contribution is -0.141. The van der Waals surface area contributed by atoms with Gasteiger partial charge in [-0.25, -0.2) is 0 Å². The zero-order valence-corrected chi connectivity index (χ0v) is 9.86. The van der Waals surface area contributed by atoms with Crippen molar-refractivity contribution in [2.75, 3.05) is 13.2 Å². The van der Waals surface area contributed by atoms with Crippen LogP contribution in [0.2, 0.25) is 0 Å². The molecule has 1 rings (SSSR count). The van der Waals surface area contributed by atoms with Gasteiger partial charge in [0, 0.05) is 6.92 Å². The van der Waals surface area contributed by atoms with Crippen molar-refractivity contribution in [1.82, 2.24) is 0 Å². The van der Waals surface area contributed by atoms with E-state index in [9.17, 15) is 4.79 Å². The number of unbranched alkanes of at least 4 members (excludes halogenated alkanes) is 1. The average molecular weight is 222 g/mol. The van der Waals surface area contributed by atoms with Crippen molar-refractivity contribution < 1.29 is 14.3 Å². The van der Waals surface area contributed by atoms with Crippen LogP contribution in [0.3, 0.4) is 0 Å². The number of benzene rings is 1. The summed E-state index contributed by atoms with van der Waals surface area (Å²) in [6, 6.07) is 7.93. The van der Waals surface area contributed by atoms with E-state index in [0.29, 0.717) is 13.2 Å². The van der Waals surface area contributed by atoms with E-state index < -0.39 is 0 Å². The van der Waals surface area contributed by atoms with Crippen LogP contribution >= 0.6 is 0 Å². The third-order valence-corrected chi connectivity index (χ3v) is 2.20. The molecule has 0 radical (unpaired) electrons. The third kappa shape index (κ3) is 4.82. The molecule has 0 atom stereocenters. The Labute approximate surface area is 96.4 Å². The highest BCUT2D eigenvalue weighted by molar-refractivity contribution is 5.65. The molecule has 0 aliphatic carbocycles. The van der Waals surface area contributed by atoms with Crippen LogP contribution in [0, 0.1) is 6.92 Å². The molecule has 1 aromatic rings. The molecule has 0 N–H and O–H groups in total. The van der Waals surface area contributed by atoms with Crippen LogP contribution in [-0.2, 0) is 9.53 Å². The molecule has 0 unspecified atom stereocenters. The monoisotopic (exact) mass is 222 g/mol. The number of hydrogen-bond donors (Lipinski definition) is 0. The molecule has 0 saturated carbocycles. The number of rotatable bonds is 6. The predicted octanol–water partition coefficient (Wildman–Crippen LogP) is 2.72. The summed E-state index contributed by atoms with van der Waals surface area (Å²) in [5.74, 6) is 0.704. The van der Waals surface area contributed by atoms with Crippen molar-refractivity contribution in [3.8, 4) is 5.75 Å². The first-order chi connectivity index (χ1) is 7.70. The van der Waals surface area contributed by atoms with Gasteiger partial charge in [-0.1, -0.05) is 18.2 Å². The third-order valence-electron chi connectivity index (χ3n) is 2.20. The van der Waals surface area contributed by atoms with Gasteiger partial charge < -0.3 is 9.47 Å². The minimum atomic E-state index is -0.222. The first-order valence-electron chi connectivity index (χ1n) is 5.52. The Kier molecular flexibility index (Phi) is 5.40. The molecular formula is C13H18O3. The Bertz CT molecular complexity index is 334. The number of esters is 1. The van der Waals surface area contributed by atoms with E-state index in [4.69, 9.17) is 9.47 Å². The van der Waals surface area contributed by atoms with E-state index in [-0.39, 0.29) is 5.97 Å². The van der Waals surface area contributed by atoms with Crippen molar-refractivity contribution >= 4 is 5.97 Å². The van der Waals surface area contributed by atoms with Crippen LogP contribution < -0.4 is 4.74 Å². The summed E-state index contributed by atoms with van der Waals surface area (Å²) in [4.78, 5) is 10.5. The van der Waals surface area contributed by atoms with E-state index in [1.807, 2.05) is 31.2 Å². The van der Waals surface area contributed by atoms with Gasteiger partial charge in [0.05, 0.1) is 13.2 Å². The maximum atomic E-state index is 10.5. The quantitative estimate of drug-likeness (QED) is 0.548. The number of aryl methyl sites for hydroxylation is 1. The van der Waals surface area contributed by atoms with Crippen molar-refractivity contribution in [2.24, 2.45) is 0 Å². The number of hydrogen-bond acceptors (Lipinski definition) is 3. The molecule has 0 spiro atoms. The number of carbonyl (C=O) groups excluding carboxylic acids is 1. The zero-order chi connectivity index (χ0) is 11.8. The molecule has 1 aromatic carbocycles. The lowest BCUT2D eigenvalue weighted by atomic mass is 10.2. The molecule has 16 heavy (non-hydrogen) atoms. The van der Waals surface area contributed by atoms with Gasteiger partial charge in [0.15, 0.2) is 0 Å². The molecular weight excluding hydrogens is 204 g/mol. The van der Waals surface area contributed by atoms with E-state index >= 15 is 0 Å². The maximum Gasteiger partial charge on any atom is 0.302 e. The molecule has 0 amide bonds. The molecule has 0 saturated heterocycles. The minimum Gasteiger partial charge on any atom is -0.493 e. The van der Waals surface area contributed by atoms with Crippen molar-refractivity contribution in [1.29, 1.82) is 0 Å². The van der Waals surface area contributed by atoms with Gasteiger partial charge in [-0.05, 0) is 31.4 Å². The Morgan fingerprint density at radius 1 is 1.19 bits per heavy atom. The molecule has 3 heteroatoms. The number of para-hydroxylation sites is 1. The molecule has 0 fully saturated rings. The number of ether oxygens (including phenoxy) is 2. The standard InChI is InChI=1S/C13H18O3/c1-11-7-3-4-8-13(11)16-10-6-5-9-15-12(2)14/h3-4,7-8H,5-6,9-10H2,1-2H3. The molecule has 88 valence electrons. The van der Waals surface area contributed by atoms with Gasteiger partial charge >= 0.3 is 5.97 Å². The topological polar surface area (TPSA) is 35.5 Å². The molecule has 0 aliphatic heterocycles. The normalized spacial score (nSPS) is 9.88. The maximum absolute atomic E-state index is 10.5. The fourth-order valence-electron chi connectivity index (χ4n) is 1.32. The fourth-order valence-corrected chi connectivity index (χ4v) is 1.32. The fraction of sp³-hybridized carbons (Fsp3) is 0.462. The summed E-state index contributed by atoms with van der Waals surface area (Å²) < 4.78 is 10.4. The SMILES string of the molecule is CC(=O)OCCCCOc1ccccc1C. The lowest BCUT2D eigenvalue weighted by Crippen LogP contribution is -2.04. The van der Waals surface area contributed by atoms with Crippen LogP contribution in [0.5, 0.6) is 5.75 Å². The van der Waals surface area contributed by atoms with E-state index in [1.54, 1.807) is 0 Å². The van der Waals surface area contributed by atoms with Crippen molar-refractivity contribution in [2.45, 2.75) is 26.7 Å².